The van der Waals surface area contributed by atoms with Crippen LogP contribution in [0.2, 0.25) is 0 Å². The predicted octanol–water partition coefficient (Wildman–Crippen LogP) is 4.56. The molecule has 3 aromatic rings. The van der Waals surface area contributed by atoms with Gasteiger partial charge in [-0.2, -0.15) is 8.42 Å². The predicted molar refractivity (Wildman–Crippen MR) is 122 cm³/mol. The molecule has 0 amide bonds. The summed E-state index contributed by atoms with van der Waals surface area (Å²) in [5, 5.41) is 3.43. The molecular formula is C23H28N2O4S. The third-order valence-corrected chi connectivity index (χ3v) is 5.02. The van der Waals surface area contributed by atoms with Crippen molar-refractivity contribution in [2.24, 2.45) is 0 Å². The first-order valence-electron chi connectivity index (χ1n) is 9.64. The molecule has 6 nitrogen and oxygen atoms in total. The van der Waals surface area contributed by atoms with Crippen molar-refractivity contribution in [3.63, 3.8) is 0 Å². The lowest BCUT2D eigenvalue weighted by atomic mass is 10.1. The van der Waals surface area contributed by atoms with Gasteiger partial charge in [-0.1, -0.05) is 42.5 Å². The SMILES string of the molecule is CCOc1ccc(N)cc1S(=O)(=O)O.Cc1cccc(NCCc2ccccc2)c1. The Kier molecular flexibility index (Phi) is 8.70. The van der Waals surface area contributed by atoms with Gasteiger partial charge < -0.3 is 15.8 Å². The molecule has 3 rings (SSSR count). The van der Waals surface area contributed by atoms with E-state index in [1.54, 1.807) is 6.92 Å². The molecule has 0 aliphatic heterocycles. The topological polar surface area (TPSA) is 102 Å². The van der Waals surface area contributed by atoms with Crippen molar-refractivity contribution < 1.29 is 17.7 Å². The largest absolute Gasteiger partial charge is 0.492 e. The monoisotopic (exact) mass is 428 g/mol. The van der Waals surface area contributed by atoms with Gasteiger partial charge in [-0.25, -0.2) is 0 Å². The van der Waals surface area contributed by atoms with Gasteiger partial charge in [0.2, 0.25) is 0 Å². The van der Waals surface area contributed by atoms with E-state index in [1.165, 1.54) is 28.9 Å². The number of nitrogens with one attached hydrogen (secondary N) is 1. The average molecular weight is 429 g/mol. The number of rotatable bonds is 7. The fraction of sp³-hybridized carbons (Fsp3) is 0.217. The number of anilines is 2. The second-order valence-electron chi connectivity index (χ2n) is 6.65. The zero-order valence-electron chi connectivity index (χ0n) is 17.2. The van der Waals surface area contributed by atoms with E-state index in [2.05, 4.69) is 66.8 Å². The van der Waals surface area contributed by atoms with Gasteiger partial charge in [0.05, 0.1) is 6.61 Å². The second kappa shape index (κ2) is 11.2. The number of aryl methyl sites for hydroxylation is 1. The minimum Gasteiger partial charge on any atom is -0.492 e. The molecule has 3 aromatic carbocycles. The molecule has 4 N–H and O–H groups in total. The van der Waals surface area contributed by atoms with Gasteiger partial charge in [-0.15, -0.1) is 0 Å². The summed E-state index contributed by atoms with van der Waals surface area (Å²) in [6.45, 7) is 5.12. The lowest BCUT2D eigenvalue weighted by Gasteiger charge is -2.07. The molecule has 0 saturated carbocycles. The molecule has 0 atom stereocenters. The van der Waals surface area contributed by atoms with Gasteiger partial charge in [-0.05, 0) is 61.7 Å². The Hall–Kier alpha value is -3.03. The molecule has 0 spiro atoms. The van der Waals surface area contributed by atoms with E-state index in [0.717, 1.165) is 19.0 Å². The molecule has 0 aromatic heterocycles. The lowest BCUT2D eigenvalue weighted by Crippen LogP contribution is -2.04. The van der Waals surface area contributed by atoms with E-state index < -0.39 is 10.1 Å². The van der Waals surface area contributed by atoms with Crippen molar-refractivity contribution in [1.29, 1.82) is 0 Å². The van der Waals surface area contributed by atoms with E-state index in [9.17, 15) is 8.42 Å². The first-order chi connectivity index (χ1) is 14.3. The smallest absolute Gasteiger partial charge is 0.298 e. The van der Waals surface area contributed by atoms with Gasteiger partial charge in [0, 0.05) is 17.9 Å². The lowest BCUT2D eigenvalue weighted by molar-refractivity contribution is 0.329. The molecule has 0 bridgehead atoms. The molecule has 160 valence electrons. The summed E-state index contributed by atoms with van der Waals surface area (Å²) < 4.78 is 35.7. The fourth-order valence-corrected chi connectivity index (χ4v) is 3.42. The Morgan fingerprint density at radius 1 is 1.00 bits per heavy atom. The van der Waals surface area contributed by atoms with Crippen LogP contribution in [0.1, 0.15) is 18.1 Å². The van der Waals surface area contributed by atoms with Crippen LogP contribution < -0.4 is 15.8 Å². The molecule has 0 fully saturated rings. The Morgan fingerprint density at radius 3 is 2.37 bits per heavy atom. The van der Waals surface area contributed by atoms with Crippen molar-refractivity contribution in [1.82, 2.24) is 0 Å². The molecule has 30 heavy (non-hydrogen) atoms. The summed E-state index contributed by atoms with van der Waals surface area (Å²) in [4.78, 5) is -0.306. The zero-order valence-corrected chi connectivity index (χ0v) is 18.0. The summed E-state index contributed by atoms with van der Waals surface area (Å²) in [6.07, 6.45) is 1.06. The Morgan fingerprint density at radius 2 is 1.73 bits per heavy atom. The van der Waals surface area contributed by atoms with Crippen molar-refractivity contribution in [3.05, 3.63) is 83.9 Å². The van der Waals surface area contributed by atoms with Crippen LogP contribution in [0.3, 0.4) is 0 Å². The van der Waals surface area contributed by atoms with Crippen LogP contribution in [-0.2, 0) is 16.5 Å². The van der Waals surface area contributed by atoms with Crippen LogP contribution in [0.25, 0.3) is 0 Å². The van der Waals surface area contributed by atoms with Gasteiger partial charge in [0.25, 0.3) is 10.1 Å². The maximum atomic E-state index is 10.9. The number of nitrogens with two attached hydrogens (primary N) is 1. The number of benzene rings is 3. The van der Waals surface area contributed by atoms with Crippen LogP contribution in [0.15, 0.2) is 77.7 Å². The van der Waals surface area contributed by atoms with E-state index in [1.807, 2.05) is 0 Å². The normalized spacial score (nSPS) is 10.6. The third-order valence-electron chi connectivity index (χ3n) is 4.15. The molecular weight excluding hydrogens is 400 g/mol. The summed E-state index contributed by atoms with van der Waals surface area (Å²) in [5.74, 6) is 0.101. The Bertz CT molecular complexity index is 1040. The summed E-state index contributed by atoms with van der Waals surface area (Å²) in [6, 6.07) is 23.1. The van der Waals surface area contributed by atoms with Crippen LogP contribution in [-0.4, -0.2) is 26.1 Å². The average Bonchev–Trinajstić information content (AvgIpc) is 2.70. The minimum absolute atomic E-state index is 0.101. The minimum atomic E-state index is -4.28. The number of hydrogen-bond acceptors (Lipinski definition) is 5. The number of nitrogen functional groups attached to an aromatic ring is 1. The first-order valence-corrected chi connectivity index (χ1v) is 11.1. The highest BCUT2D eigenvalue weighted by Gasteiger charge is 2.16. The van der Waals surface area contributed by atoms with E-state index in [0.29, 0.717) is 6.61 Å². The van der Waals surface area contributed by atoms with Crippen LogP contribution in [0.5, 0.6) is 5.75 Å². The van der Waals surface area contributed by atoms with E-state index in [4.69, 9.17) is 15.0 Å². The second-order valence-corrected chi connectivity index (χ2v) is 8.04. The summed E-state index contributed by atoms with van der Waals surface area (Å²) in [7, 11) is -4.28. The van der Waals surface area contributed by atoms with Crippen LogP contribution in [0, 0.1) is 6.92 Å². The molecule has 0 saturated heterocycles. The quantitative estimate of drug-likeness (QED) is 0.377. The molecule has 0 heterocycles. The van der Waals surface area contributed by atoms with Gasteiger partial charge in [0.1, 0.15) is 10.6 Å². The van der Waals surface area contributed by atoms with E-state index in [-0.39, 0.29) is 16.3 Å². The van der Waals surface area contributed by atoms with Crippen LogP contribution >= 0.6 is 0 Å². The van der Waals surface area contributed by atoms with Crippen molar-refractivity contribution in [2.45, 2.75) is 25.2 Å². The molecule has 0 aliphatic carbocycles. The van der Waals surface area contributed by atoms with Crippen molar-refractivity contribution in [2.75, 3.05) is 24.2 Å². The highest BCUT2D eigenvalue weighted by atomic mass is 32.2. The maximum Gasteiger partial charge on any atom is 0.298 e. The summed E-state index contributed by atoms with van der Waals surface area (Å²) in [5.41, 5.74) is 9.52. The highest BCUT2D eigenvalue weighted by Crippen LogP contribution is 2.25. The molecule has 0 aliphatic rings. The standard InChI is InChI=1S/C15H17N.C8H11NO4S/c1-13-6-5-9-15(12-13)16-11-10-14-7-3-2-4-8-14;1-2-13-7-4-3-6(9)5-8(7)14(10,11)12/h2-9,12,16H,10-11H2,1H3;3-5H,2,9H2,1H3,(H,10,11,12). The Labute approximate surface area is 178 Å². The van der Waals surface area contributed by atoms with Crippen molar-refractivity contribution in [3.8, 4) is 5.75 Å². The third kappa shape index (κ3) is 7.77. The number of ether oxygens (including phenoxy) is 1. The maximum absolute atomic E-state index is 10.9. The molecule has 0 unspecified atom stereocenters. The van der Waals surface area contributed by atoms with E-state index >= 15 is 0 Å². The van der Waals surface area contributed by atoms with Gasteiger partial charge >= 0.3 is 0 Å². The fourth-order valence-electron chi connectivity index (χ4n) is 2.75. The number of hydrogen-bond donors (Lipinski definition) is 3. The van der Waals surface area contributed by atoms with Crippen molar-refractivity contribution >= 4 is 21.5 Å². The van der Waals surface area contributed by atoms with Crippen LogP contribution in [0.4, 0.5) is 11.4 Å². The first kappa shape index (κ1) is 23.3. The van der Waals surface area contributed by atoms with Gasteiger partial charge in [0.15, 0.2) is 0 Å². The molecule has 7 heteroatoms. The molecule has 0 radical (unpaired) electrons. The highest BCUT2D eigenvalue weighted by molar-refractivity contribution is 7.86. The zero-order chi connectivity index (χ0) is 22.0. The Balaban J connectivity index is 0.000000216. The van der Waals surface area contributed by atoms with Gasteiger partial charge in [-0.3, -0.25) is 4.55 Å². The summed E-state index contributed by atoms with van der Waals surface area (Å²) >= 11 is 0.